The lowest BCUT2D eigenvalue weighted by Gasteiger charge is -2.25. The van der Waals surface area contributed by atoms with E-state index in [-0.39, 0.29) is 12.1 Å². The van der Waals surface area contributed by atoms with Crippen LogP contribution in [0, 0.1) is 0 Å². The lowest BCUT2D eigenvalue weighted by molar-refractivity contribution is 0.0792. The zero-order valence-corrected chi connectivity index (χ0v) is 14.7. The molecule has 0 spiro atoms. The molecule has 1 atom stereocenters. The summed E-state index contributed by atoms with van der Waals surface area (Å²) in [4.78, 5) is 18.7. The van der Waals surface area contributed by atoms with Crippen molar-refractivity contribution in [2.45, 2.75) is 31.9 Å². The van der Waals surface area contributed by atoms with Crippen molar-refractivity contribution in [3.05, 3.63) is 35.1 Å². The summed E-state index contributed by atoms with van der Waals surface area (Å²) in [5.41, 5.74) is 6.42. The molecule has 0 aliphatic carbocycles. The topological polar surface area (TPSA) is 106 Å². The quantitative estimate of drug-likeness (QED) is 0.772. The zero-order valence-electron chi connectivity index (χ0n) is 13.9. The normalized spacial score (nSPS) is 16.7. The van der Waals surface area contributed by atoms with Gasteiger partial charge in [0.25, 0.3) is 0 Å². The van der Waals surface area contributed by atoms with Crippen molar-refractivity contribution in [3.63, 3.8) is 0 Å². The van der Waals surface area contributed by atoms with Gasteiger partial charge in [0.15, 0.2) is 0 Å². The Morgan fingerprint density at radius 3 is 3.04 bits per heavy atom. The van der Waals surface area contributed by atoms with E-state index in [1.165, 1.54) is 11.3 Å². The van der Waals surface area contributed by atoms with Crippen LogP contribution in [0.15, 0.2) is 24.4 Å². The van der Waals surface area contributed by atoms with E-state index in [4.69, 9.17) is 10.5 Å². The molecule has 9 heteroatoms. The van der Waals surface area contributed by atoms with Crippen LogP contribution in [-0.4, -0.2) is 51.9 Å². The Kier molecular flexibility index (Phi) is 6.13. The predicted octanol–water partition coefficient (Wildman–Crippen LogP) is 1.45. The number of carbonyl (C=O) groups is 1. The van der Waals surface area contributed by atoms with Crippen LogP contribution in [0.4, 0.5) is 9.93 Å². The minimum absolute atomic E-state index is 0.0948. The first-order valence-electron chi connectivity index (χ1n) is 8.33. The molecule has 0 unspecified atom stereocenters. The van der Waals surface area contributed by atoms with E-state index in [0.717, 1.165) is 30.2 Å². The molecule has 134 valence electrons. The third kappa shape index (κ3) is 5.36. The number of nitrogens with zero attached hydrogens (tertiary/aromatic N) is 4. The Hall–Kier alpha value is -2.26. The molecule has 0 radical (unpaired) electrons. The number of pyridine rings is 1. The molecule has 3 heterocycles. The summed E-state index contributed by atoms with van der Waals surface area (Å²) in [5.74, 6) is 0. The van der Waals surface area contributed by atoms with Crippen LogP contribution in [0.1, 0.15) is 23.5 Å². The summed E-state index contributed by atoms with van der Waals surface area (Å²) in [6.07, 6.45) is 4.46. The highest BCUT2D eigenvalue weighted by molar-refractivity contribution is 7.15. The summed E-state index contributed by atoms with van der Waals surface area (Å²) in [5, 5.41) is 11.9. The fourth-order valence-corrected chi connectivity index (χ4v) is 3.31. The summed E-state index contributed by atoms with van der Waals surface area (Å²) in [6.45, 7) is 2.27. The van der Waals surface area contributed by atoms with Crippen LogP contribution in [0.5, 0.6) is 0 Å². The maximum atomic E-state index is 12.6. The van der Waals surface area contributed by atoms with Gasteiger partial charge in [-0.25, -0.2) is 4.79 Å². The Morgan fingerprint density at radius 1 is 1.44 bits per heavy atom. The fraction of sp³-hybridized carbons (Fsp3) is 0.500. The number of hydrogen-bond acceptors (Lipinski definition) is 7. The van der Waals surface area contributed by atoms with Crippen molar-refractivity contribution < 1.29 is 9.53 Å². The van der Waals surface area contributed by atoms with Gasteiger partial charge in [0.2, 0.25) is 5.13 Å². The summed E-state index contributed by atoms with van der Waals surface area (Å²) in [7, 11) is 0. The monoisotopic (exact) mass is 362 g/mol. The minimum Gasteiger partial charge on any atom is -0.376 e. The van der Waals surface area contributed by atoms with Gasteiger partial charge in [-0.15, -0.1) is 10.2 Å². The molecule has 1 aliphatic heterocycles. The number of nitrogens with two attached hydrogens (primary N) is 1. The van der Waals surface area contributed by atoms with Crippen LogP contribution >= 0.6 is 11.3 Å². The van der Waals surface area contributed by atoms with Crippen molar-refractivity contribution >= 4 is 22.5 Å². The molecule has 2 aromatic rings. The van der Waals surface area contributed by atoms with Crippen LogP contribution in [0.3, 0.4) is 0 Å². The number of carbonyl (C=O) groups excluding carboxylic acids is 1. The number of aromatic nitrogens is 3. The van der Waals surface area contributed by atoms with Crippen molar-refractivity contribution in [2.24, 2.45) is 0 Å². The first-order valence-corrected chi connectivity index (χ1v) is 9.14. The third-order valence-corrected chi connectivity index (χ3v) is 4.72. The number of nitrogens with one attached hydrogen (secondary N) is 1. The van der Waals surface area contributed by atoms with Gasteiger partial charge in [0, 0.05) is 32.3 Å². The molecule has 3 rings (SSSR count). The molecule has 8 nitrogen and oxygen atoms in total. The van der Waals surface area contributed by atoms with E-state index < -0.39 is 0 Å². The average Bonchev–Trinajstić information content (AvgIpc) is 3.27. The molecule has 1 aliphatic rings. The molecule has 2 aromatic heterocycles. The number of hydrogen-bond donors (Lipinski definition) is 2. The maximum absolute atomic E-state index is 12.6. The lowest BCUT2D eigenvalue weighted by Crippen LogP contribution is -2.44. The highest BCUT2D eigenvalue weighted by Crippen LogP contribution is 2.15. The molecule has 25 heavy (non-hydrogen) atoms. The highest BCUT2D eigenvalue weighted by atomic mass is 32.1. The second-order valence-electron chi connectivity index (χ2n) is 5.85. The van der Waals surface area contributed by atoms with Crippen LogP contribution < -0.4 is 11.1 Å². The summed E-state index contributed by atoms with van der Waals surface area (Å²) in [6, 6.07) is 5.57. The number of amides is 2. The van der Waals surface area contributed by atoms with Gasteiger partial charge in [-0.05, 0) is 25.0 Å². The van der Waals surface area contributed by atoms with Crippen molar-refractivity contribution in [1.82, 2.24) is 25.4 Å². The van der Waals surface area contributed by atoms with Gasteiger partial charge in [-0.2, -0.15) is 0 Å². The number of urea groups is 1. The van der Waals surface area contributed by atoms with Crippen LogP contribution in [0.25, 0.3) is 0 Å². The average molecular weight is 362 g/mol. The molecule has 0 aromatic carbocycles. The number of anilines is 1. The largest absolute Gasteiger partial charge is 0.376 e. The minimum atomic E-state index is -0.126. The maximum Gasteiger partial charge on any atom is 0.317 e. The van der Waals surface area contributed by atoms with Gasteiger partial charge in [-0.3, -0.25) is 4.98 Å². The van der Waals surface area contributed by atoms with Gasteiger partial charge < -0.3 is 20.7 Å². The Morgan fingerprint density at radius 2 is 2.36 bits per heavy atom. The lowest BCUT2D eigenvalue weighted by atomic mass is 10.2. The van der Waals surface area contributed by atoms with Crippen molar-refractivity contribution in [1.29, 1.82) is 0 Å². The van der Waals surface area contributed by atoms with E-state index in [1.54, 1.807) is 11.1 Å². The molecule has 2 amide bonds. The fourth-order valence-electron chi connectivity index (χ4n) is 2.70. The Labute approximate surface area is 150 Å². The predicted molar refractivity (Wildman–Crippen MR) is 95.0 cm³/mol. The van der Waals surface area contributed by atoms with Crippen LogP contribution in [0.2, 0.25) is 0 Å². The van der Waals surface area contributed by atoms with Crippen LogP contribution in [-0.2, 0) is 17.7 Å². The molecule has 1 saturated heterocycles. The van der Waals surface area contributed by atoms with Crippen molar-refractivity contribution in [3.8, 4) is 0 Å². The first kappa shape index (κ1) is 17.6. The van der Waals surface area contributed by atoms with Gasteiger partial charge in [0.1, 0.15) is 5.01 Å². The molecule has 1 fully saturated rings. The van der Waals surface area contributed by atoms with Crippen molar-refractivity contribution in [2.75, 3.05) is 25.4 Å². The van der Waals surface area contributed by atoms with Gasteiger partial charge >= 0.3 is 6.03 Å². The molecule has 0 bridgehead atoms. The number of rotatable bonds is 7. The van der Waals surface area contributed by atoms with E-state index in [1.807, 2.05) is 18.2 Å². The van der Waals surface area contributed by atoms with E-state index in [2.05, 4.69) is 20.5 Å². The standard InChI is InChI=1S/C16H22N6O2S/c17-15-21-20-14(25-15)6-8-19-16(23)22(11-13-5-3-9-24-13)10-12-4-1-2-7-18-12/h1-2,4,7,13H,3,5-6,8-11H2,(H2,17,21)(H,19,23)/t13-/m1/s1. The SMILES string of the molecule is Nc1nnc(CCNC(=O)N(Cc2ccccn2)C[C@H]2CCCO2)s1. The zero-order chi connectivity index (χ0) is 17.5. The Balaban J connectivity index is 1.55. The molecular formula is C16H22N6O2S. The second kappa shape index (κ2) is 8.72. The number of ether oxygens (including phenoxy) is 1. The van der Waals surface area contributed by atoms with E-state index >= 15 is 0 Å². The smallest absolute Gasteiger partial charge is 0.317 e. The third-order valence-electron chi connectivity index (χ3n) is 3.91. The van der Waals surface area contributed by atoms with Gasteiger partial charge in [-0.1, -0.05) is 17.4 Å². The van der Waals surface area contributed by atoms with Gasteiger partial charge in [0.05, 0.1) is 18.3 Å². The second-order valence-corrected chi connectivity index (χ2v) is 6.95. The molecule has 0 saturated carbocycles. The number of nitrogen functional groups attached to an aromatic ring is 1. The van der Waals surface area contributed by atoms with E-state index in [0.29, 0.717) is 31.2 Å². The summed E-state index contributed by atoms with van der Waals surface area (Å²) >= 11 is 1.34. The summed E-state index contributed by atoms with van der Waals surface area (Å²) < 4.78 is 5.68. The highest BCUT2D eigenvalue weighted by Gasteiger charge is 2.23. The van der Waals surface area contributed by atoms with E-state index in [9.17, 15) is 4.79 Å². The first-order chi connectivity index (χ1) is 12.2. The molecular weight excluding hydrogens is 340 g/mol. The molecule has 3 N–H and O–H groups in total. The Bertz CT molecular complexity index is 674.